The van der Waals surface area contributed by atoms with Gasteiger partial charge in [0.05, 0.1) is 25.4 Å². The van der Waals surface area contributed by atoms with E-state index in [0.29, 0.717) is 6.42 Å². The van der Waals surface area contributed by atoms with Crippen molar-refractivity contribution >= 4 is 5.91 Å². The van der Waals surface area contributed by atoms with Gasteiger partial charge >= 0.3 is 0 Å². The van der Waals surface area contributed by atoms with Crippen LogP contribution in [0.1, 0.15) is 245 Å². The molecule has 0 radical (unpaired) electrons. The molecule has 1 rings (SSSR count). The standard InChI is InChI=1S/C76H123NO8/c1-3-5-7-9-11-13-15-17-19-21-23-25-26-27-28-29-30-31-32-33-34-35-36-37-38-39-40-41-42-43-44-46-48-50-52-54-56-58-60-62-64-66-72(80)77-69(68-84-76-75(83)74(82)73(81)71(67-78)85-76)70(79)65-63-61-59-57-55-53-51-49-47-45-24-22-20-18-16-14-12-10-8-6-4-2/h5,7,11,13,17,19,23,25,27-28,30-31,33-34,36-37,39-40,42-43,46-49,55,57,63,65,69-71,73-76,78-79,81-83H,3-4,6,8-10,12,14-16,18,20-22,24,26,29,32,35,38,41,44-45,50-54,56,58-62,64,66-68H2,1-2H3,(H,77,80)/b7-5-,13-11-,19-17-,25-23-,28-27-,31-30-,34-33-,37-36-,40-39-,43-42-,48-46-,49-47+,57-55+,65-63+. The number of hydrogen-bond acceptors (Lipinski definition) is 8. The van der Waals surface area contributed by atoms with Gasteiger partial charge in [0.15, 0.2) is 6.29 Å². The molecule has 0 spiro atoms. The number of aliphatic hydroxyl groups is 5. The Hall–Kier alpha value is -4.45. The minimum absolute atomic E-state index is 0.208. The summed E-state index contributed by atoms with van der Waals surface area (Å²) in [6, 6.07) is -0.848. The summed E-state index contributed by atoms with van der Waals surface area (Å²) in [7, 11) is 0. The van der Waals surface area contributed by atoms with Crippen LogP contribution >= 0.6 is 0 Å². The molecule has 0 aromatic heterocycles. The van der Waals surface area contributed by atoms with Crippen LogP contribution in [0.5, 0.6) is 0 Å². The summed E-state index contributed by atoms with van der Waals surface area (Å²) in [6.07, 6.45) is 92.9. The van der Waals surface area contributed by atoms with Gasteiger partial charge in [-0.05, 0) is 128 Å². The topological polar surface area (TPSA) is 149 Å². The largest absolute Gasteiger partial charge is 0.394 e. The number of amides is 1. The molecular formula is C76H123NO8. The van der Waals surface area contributed by atoms with Crippen LogP contribution in [-0.2, 0) is 14.3 Å². The molecule has 7 unspecified atom stereocenters. The Balaban J connectivity index is 2.20. The maximum atomic E-state index is 13.1. The maximum absolute atomic E-state index is 13.1. The molecule has 9 heteroatoms. The van der Waals surface area contributed by atoms with Crippen molar-refractivity contribution < 1.29 is 39.8 Å². The average molecular weight is 1180 g/mol. The van der Waals surface area contributed by atoms with E-state index >= 15 is 0 Å². The predicted octanol–water partition coefficient (Wildman–Crippen LogP) is 18.5. The van der Waals surface area contributed by atoms with Gasteiger partial charge in [-0.15, -0.1) is 0 Å². The minimum atomic E-state index is -1.59. The Labute approximate surface area is 519 Å². The monoisotopic (exact) mass is 1180 g/mol. The smallest absolute Gasteiger partial charge is 0.220 e. The summed E-state index contributed by atoms with van der Waals surface area (Å²) < 4.78 is 11.3. The molecule has 9 nitrogen and oxygen atoms in total. The highest BCUT2D eigenvalue weighted by Gasteiger charge is 2.44. The zero-order valence-corrected chi connectivity index (χ0v) is 53.5. The van der Waals surface area contributed by atoms with Gasteiger partial charge < -0.3 is 40.3 Å². The van der Waals surface area contributed by atoms with Gasteiger partial charge in [-0.1, -0.05) is 280 Å². The fourth-order valence-electron chi connectivity index (χ4n) is 9.49. The number of hydrogen-bond donors (Lipinski definition) is 6. The number of carbonyl (C=O) groups is 1. The number of ether oxygens (including phenoxy) is 2. The molecule has 0 aromatic carbocycles. The molecule has 7 atom stereocenters. The SMILES string of the molecule is CC/C=C\C/C=C\C/C=C\C/C=C\C/C=C\C/C=C\C/C=C\C/C=C\C/C=C\C/C=C\C/C=C\CCCCCCCCCC(=O)NC(COC1OC(CO)C(O)C(O)C1O)C(O)/C=C/CC/C=C/CC/C=C/CCCCCCCCCCCCC. The Morgan fingerprint density at radius 1 is 0.412 bits per heavy atom. The highest BCUT2D eigenvalue weighted by molar-refractivity contribution is 5.76. The number of carbonyl (C=O) groups excluding carboxylic acids is 1. The lowest BCUT2D eigenvalue weighted by Gasteiger charge is -2.40. The lowest BCUT2D eigenvalue weighted by Crippen LogP contribution is -2.60. The molecule has 1 amide bonds. The van der Waals surface area contributed by atoms with E-state index in [0.717, 1.165) is 135 Å². The molecule has 0 aromatic rings. The molecule has 1 saturated heterocycles. The van der Waals surface area contributed by atoms with Crippen molar-refractivity contribution in [1.82, 2.24) is 5.32 Å². The van der Waals surface area contributed by atoms with Crippen molar-refractivity contribution in [2.24, 2.45) is 0 Å². The third-order valence-electron chi connectivity index (χ3n) is 14.8. The van der Waals surface area contributed by atoms with Gasteiger partial charge in [-0.25, -0.2) is 0 Å². The third-order valence-corrected chi connectivity index (χ3v) is 14.8. The summed E-state index contributed by atoms with van der Waals surface area (Å²) in [5.41, 5.74) is 0. The first-order chi connectivity index (χ1) is 41.8. The van der Waals surface area contributed by atoms with E-state index in [1.165, 1.54) is 89.9 Å². The van der Waals surface area contributed by atoms with Crippen LogP contribution in [0, 0.1) is 0 Å². The molecule has 480 valence electrons. The molecule has 6 N–H and O–H groups in total. The van der Waals surface area contributed by atoms with Gasteiger partial charge in [0.25, 0.3) is 0 Å². The number of nitrogens with one attached hydrogen (secondary N) is 1. The number of aliphatic hydroxyl groups excluding tert-OH is 5. The molecule has 1 fully saturated rings. The van der Waals surface area contributed by atoms with Crippen molar-refractivity contribution in [1.29, 1.82) is 0 Å². The van der Waals surface area contributed by atoms with Crippen molar-refractivity contribution in [2.75, 3.05) is 13.2 Å². The molecule has 0 saturated carbocycles. The molecule has 0 bridgehead atoms. The highest BCUT2D eigenvalue weighted by atomic mass is 16.7. The Bertz CT molecular complexity index is 1950. The van der Waals surface area contributed by atoms with E-state index in [4.69, 9.17) is 9.47 Å². The van der Waals surface area contributed by atoms with Crippen molar-refractivity contribution in [2.45, 2.75) is 288 Å². The Kier molecular flexibility index (Phi) is 57.9. The molecular weight excluding hydrogens is 1050 g/mol. The molecule has 0 aliphatic carbocycles. The number of allylic oxidation sites excluding steroid dienone is 27. The number of unbranched alkanes of at least 4 members (excludes halogenated alkanes) is 20. The van der Waals surface area contributed by atoms with E-state index in [1.807, 2.05) is 6.08 Å². The zero-order chi connectivity index (χ0) is 61.4. The van der Waals surface area contributed by atoms with E-state index in [1.54, 1.807) is 6.08 Å². The number of rotatable bonds is 56. The summed E-state index contributed by atoms with van der Waals surface area (Å²) in [5, 5.41) is 54.6. The molecule has 85 heavy (non-hydrogen) atoms. The zero-order valence-electron chi connectivity index (χ0n) is 53.5. The fraction of sp³-hybridized carbons (Fsp3) is 0.618. The first-order valence-electron chi connectivity index (χ1n) is 33.9. The summed E-state index contributed by atoms with van der Waals surface area (Å²) >= 11 is 0. The Morgan fingerprint density at radius 2 is 0.741 bits per heavy atom. The van der Waals surface area contributed by atoms with Crippen LogP contribution < -0.4 is 5.32 Å². The molecule has 1 aliphatic rings. The van der Waals surface area contributed by atoms with Gasteiger partial charge in [0.2, 0.25) is 5.91 Å². The lowest BCUT2D eigenvalue weighted by molar-refractivity contribution is -0.302. The highest BCUT2D eigenvalue weighted by Crippen LogP contribution is 2.23. The van der Waals surface area contributed by atoms with Crippen LogP contribution in [-0.4, -0.2) is 87.5 Å². The summed E-state index contributed by atoms with van der Waals surface area (Å²) in [6.45, 7) is 3.63. The lowest BCUT2D eigenvalue weighted by atomic mass is 9.99. The van der Waals surface area contributed by atoms with Crippen LogP contribution in [0.2, 0.25) is 0 Å². The Morgan fingerprint density at radius 3 is 1.13 bits per heavy atom. The van der Waals surface area contributed by atoms with E-state index in [2.05, 4.69) is 177 Å². The molecule has 1 aliphatic heterocycles. The van der Waals surface area contributed by atoms with E-state index < -0.39 is 49.5 Å². The average Bonchev–Trinajstić information content (AvgIpc) is 3.68. The third kappa shape index (κ3) is 51.3. The molecule has 1 heterocycles. The second-order valence-electron chi connectivity index (χ2n) is 22.5. The van der Waals surface area contributed by atoms with Crippen molar-refractivity contribution in [3.63, 3.8) is 0 Å². The minimum Gasteiger partial charge on any atom is -0.394 e. The summed E-state index contributed by atoms with van der Waals surface area (Å²) in [5.74, 6) is -0.208. The van der Waals surface area contributed by atoms with Crippen molar-refractivity contribution in [3.8, 4) is 0 Å². The predicted molar refractivity (Wildman–Crippen MR) is 363 cm³/mol. The van der Waals surface area contributed by atoms with E-state index in [9.17, 15) is 30.3 Å². The first kappa shape index (κ1) is 78.6. The second-order valence-corrected chi connectivity index (χ2v) is 22.5. The van der Waals surface area contributed by atoms with Gasteiger partial charge in [0.1, 0.15) is 24.4 Å². The second kappa shape index (κ2) is 62.6. The van der Waals surface area contributed by atoms with Gasteiger partial charge in [-0.2, -0.15) is 0 Å². The first-order valence-corrected chi connectivity index (χ1v) is 33.9. The summed E-state index contributed by atoms with van der Waals surface area (Å²) in [4.78, 5) is 13.1. The van der Waals surface area contributed by atoms with Crippen LogP contribution in [0.25, 0.3) is 0 Å². The normalized spacial score (nSPS) is 19.3. The van der Waals surface area contributed by atoms with Crippen LogP contribution in [0.15, 0.2) is 170 Å². The fourth-order valence-corrected chi connectivity index (χ4v) is 9.49. The van der Waals surface area contributed by atoms with Crippen molar-refractivity contribution in [3.05, 3.63) is 170 Å². The maximum Gasteiger partial charge on any atom is 0.220 e. The van der Waals surface area contributed by atoms with Gasteiger partial charge in [-0.3, -0.25) is 4.79 Å². The van der Waals surface area contributed by atoms with Gasteiger partial charge in [0, 0.05) is 6.42 Å². The van der Waals surface area contributed by atoms with Crippen LogP contribution in [0.4, 0.5) is 0 Å². The quantitative estimate of drug-likeness (QED) is 0.0261. The van der Waals surface area contributed by atoms with E-state index in [-0.39, 0.29) is 12.5 Å². The van der Waals surface area contributed by atoms with Crippen LogP contribution in [0.3, 0.4) is 0 Å².